The molecule has 1 aromatic rings. The third kappa shape index (κ3) is 4.06. The highest BCUT2D eigenvalue weighted by Crippen LogP contribution is 2.53. The highest BCUT2D eigenvalue weighted by Gasteiger charge is 2.59. The van der Waals surface area contributed by atoms with Crippen molar-refractivity contribution in [1.29, 1.82) is 5.26 Å². The molecule has 0 aromatic carbocycles. The van der Waals surface area contributed by atoms with Crippen LogP contribution in [0.25, 0.3) is 0 Å². The molecular weight excluding hydrogens is 387 g/mol. The maximum atomic E-state index is 12.8. The van der Waals surface area contributed by atoms with Gasteiger partial charge in [-0.15, -0.1) is 4.72 Å². The van der Waals surface area contributed by atoms with E-state index in [0.717, 1.165) is 5.46 Å². The number of nitrogens with zero attached hydrogens (tertiary/aromatic N) is 3. The molecule has 2 fully saturated rings. The van der Waals surface area contributed by atoms with Crippen LogP contribution < -0.4 is 10.2 Å². The molecular formula is C20H31BN4O3S. The molecule has 2 heterocycles. The van der Waals surface area contributed by atoms with Gasteiger partial charge in [0.2, 0.25) is 0 Å². The largest absolute Gasteiger partial charge is 0.598 e. The Bertz CT molecular complexity index is 795. The van der Waals surface area contributed by atoms with E-state index in [4.69, 9.17) is 9.31 Å². The molecule has 158 valence electrons. The molecule has 3 rings (SSSR count). The van der Waals surface area contributed by atoms with Crippen LogP contribution in [0, 0.1) is 16.7 Å². The number of nitriles is 1. The second-order valence-electron chi connectivity index (χ2n) is 10.5. The SMILES string of the molecule is CC1(C#N)CC(N[S+]([O-])C(C)(C)C)(c2ncc(B3OC(C)(C)C(C)(C)O3)cn2)C1. The molecule has 0 amide bonds. The Morgan fingerprint density at radius 1 is 1.10 bits per heavy atom. The summed E-state index contributed by atoms with van der Waals surface area (Å²) >= 11 is -1.31. The third-order valence-electron chi connectivity index (χ3n) is 6.12. The van der Waals surface area contributed by atoms with Crippen molar-refractivity contribution in [3.05, 3.63) is 18.2 Å². The summed E-state index contributed by atoms with van der Waals surface area (Å²) in [6.07, 6.45) is 4.42. The number of hydrogen-bond acceptors (Lipinski definition) is 7. The van der Waals surface area contributed by atoms with Gasteiger partial charge in [0.15, 0.2) is 5.82 Å². The lowest BCUT2D eigenvalue weighted by molar-refractivity contribution is 0.00578. The first-order valence-corrected chi connectivity index (χ1v) is 11.1. The predicted octanol–water partition coefficient (Wildman–Crippen LogP) is 2.35. The Morgan fingerprint density at radius 3 is 2.00 bits per heavy atom. The summed E-state index contributed by atoms with van der Waals surface area (Å²) in [5.41, 5.74) is -1.31. The van der Waals surface area contributed by atoms with Crippen molar-refractivity contribution in [3.63, 3.8) is 0 Å². The average molecular weight is 418 g/mol. The summed E-state index contributed by atoms with van der Waals surface area (Å²) in [5.74, 6) is 0.545. The van der Waals surface area contributed by atoms with Gasteiger partial charge in [-0.25, -0.2) is 9.97 Å². The summed E-state index contributed by atoms with van der Waals surface area (Å²) in [4.78, 5) is 9.14. The maximum absolute atomic E-state index is 12.8. The van der Waals surface area contributed by atoms with Gasteiger partial charge in [-0.2, -0.15) is 5.26 Å². The number of nitrogens with one attached hydrogen (secondary N) is 1. The second-order valence-corrected chi connectivity index (χ2v) is 12.5. The molecule has 0 radical (unpaired) electrons. The summed E-state index contributed by atoms with van der Waals surface area (Å²) in [7, 11) is -0.535. The van der Waals surface area contributed by atoms with Gasteiger partial charge in [0, 0.05) is 29.2 Å². The van der Waals surface area contributed by atoms with E-state index >= 15 is 0 Å². The third-order valence-corrected chi connectivity index (χ3v) is 7.81. The lowest BCUT2D eigenvalue weighted by atomic mass is 9.59. The van der Waals surface area contributed by atoms with Crippen molar-refractivity contribution in [1.82, 2.24) is 14.7 Å². The Balaban J connectivity index is 1.85. The smallest absolute Gasteiger partial charge is 0.498 e. The molecule has 1 aromatic heterocycles. The van der Waals surface area contributed by atoms with Crippen LogP contribution in [0.3, 0.4) is 0 Å². The Kier molecular flexibility index (Phi) is 5.38. The minimum atomic E-state index is -1.31. The Labute approximate surface area is 177 Å². The van der Waals surface area contributed by atoms with Gasteiger partial charge >= 0.3 is 7.12 Å². The fourth-order valence-corrected chi connectivity index (χ4v) is 4.55. The zero-order chi connectivity index (χ0) is 21.9. The quantitative estimate of drug-likeness (QED) is 0.591. The normalized spacial score (nSPS) is 31.8. The number of aromatic nitrogens is 2. The minimum Gasteiger partial charge on any atom is -0.598 e. The van der Waals surface area contributed by atoms with E-state index in [1.165, 1.54) is 0 Å². The van der Waals surface area contributed by atoms with E-state index in [1.807, 2.05) is 55.4 Å². The number of hydrogen-bond donors (Lipinski definition) is 1. The Hall–Kier alpha value is -1.18. The van der Waals surface area contributed by atoms with Gasteiger partial charge in [0.1, 0.15) is 10.3 Å². The van der Waals surface area contributed by atoms with Crippen LogP contribution in [-0.4, -0.2) is 37.6 Å². The molecule has 2 aliphatic rings. The van der Waals surface area contributed by atoms with Crippen LogP contribution in [0.2, 0.25) is 0 Å². The van der Waals surface area contributed by atoms with Gasteiger partial charge in [0.25, 0.3) is 0 Å². The molecule has 0 spiro atoms. The van der Waals surface area contributed by atoms with E-state index in [-0.39, 0.29) is 0 Å². The van der Waals surface area contributed by atoms with Crippen molar-refractivity contribution in [2.24, 2.45) is 5.41 Å². The van der Waals surface area contributed by atoms with Crippen LogP contribution >= 0.6 is 0 Å². The molecule has 0 bridgehead atoms. The summed E-state index contributed by atoms with van der Waals surface area (Å²) < 4.78 is 27.7. The van der Waals surface area contributed by atoms with Crippen LogP contribution in [0.15, 0.2) is 12.4 Å². The summed E-state index contributed by atoms with van der Waals surface area (Å²) in [6, 6.07) is 2.35. The second kappa shape index (κ2) is 6.93. The molecule has 1 aliphatic carbocycles. The zero-order valence-corrected chi connectivity index (χ0v) is 19.4. The maximum Gasteiger partial charge on any atom is 0.498 e. The fraction of sp³-hybridized carbons (Fsp3) is 0.750. The number of rotatable bonds is 4. The van der Waals surface area contributed by atoms with Gasteiger partial charge in [-0.05, 0) is 68.2 Å². The first-order chi connectivity index (χ1) is 13.1. The highest BCUT2D eigenvalue weighted by atomic mass is 32.2. The molecule has 1 unspecified atom stereocenters. The van der Waals surface area contributed by atoms with Crippen molar-refractivity contribution >= 4 is 23.9 Å². The van der Waals surface area contributed by atoms with Gasteiger partial charge in [-0.1, -0.05) is 0 Å². The van der Waals surface area contributed by atoms with E-state index in [9.17, 15) is 9.81 Å². The van der Waals surface area contributed by atoms with Gasteiger partial charge in [0.05, 0.1) is 22.7 Å². The summed E-state index contributed by atoms with van der Waals surface area (Å²) in [5, 5.41) is 9.48. The van der Waals surface area contributed by atoms with E-state index in [2.05, 4.69) is 20.8 Å². The molecule has 29 heavy (non-hydrogen) atoms. The van der Waals surface area contributed by atoms with E-state index in [0.29, 0.717) is 18.7 Å². The molecule has 1 N–H and O–H groups in total. The Morgan fingerprint density at radius 2 is 1.59 bits per heavy atom. The van der Waals surface area contributed by atoms with E-state index in [1.54, 1.807) is 12.4 Å². The van der Waals surface area contributed by atoms with Gasteiger partial charge < -0.3 is 13.9 Å². The monoisotopic (exact) mass is 418 g/mol. The van der Waals surface area contributed by atoms with Crippen LogP contribution in [0.5, 0.6) is 0 Å². The lowest BCUT2D eigenvalue weighted by Crippen LogP contribution is -2.61. The van der Waals surface area contributed by atoms with Crippen molar-refractivity contribution in [2.45, 2.75) is 89.7 Å². The topological polar surface area (TPSA) is 103 Å². The molecule has 1 saturated heterocycles. The standard InChI is InChI=1S/C20H31BN4O3S/c1-16(2,3)29(26)25-20(11-19(8,12-20)13-22)15-23-9-14(10-24-15)21-27-17(4,5)18(6,7)28-21/h9-10,25H,11-12H2,1-8H3. The van der Waals surface area contributed by atoms with Crippen LogP contribution in [0.4, 0.5) is 0 Å². The van der Waals surface area contributed by atoms with Crippen LogP contribution in [0.1, 0.15) is 74.1 Å². The van der Waals surface area contributed by atoms with Crippen molar-refractivity contribution < 1.29 is 13.9 Å². The molecule has 7 nitrogen and oxygen atoms in total. The van der Waals surface area contributed by atoms with E-state index < -0.39 is 45.4 Å². The van der Waals surface area contributed by atoms with Crippen molar-refractivity contribution in [2.75, 3.05) is 0 Å². The first-order valence-electron chi connectivity index (χ1n) is 9.92. The lowest BCUT2D eigenvalue weighted by Gasteiger charge is -2.50. The fourth-order valence-electron chi connectivity index (χ4n) is 3.65. The van der Waals surface area contributed by atoms with Crippen LogP contribution in [-0.2, 0) is 26.2 Å². The zero-order valence-electron chi connectivity index (χ0n) is 18.6. The van der Waals surface area contributed by atoms with Gasteiger partial charge in [-0.3, -0.25) is 0 Å². The highest BCUT2D eigenvalue weighted by molar-refractivity contribution is 7.90. The minimum absolute atomic E-state index is 0.436. The van der Waals surface area contributed by atoms with Crippen molar-refractivity contribution in [3.8, 4) is 6.07 Å². The predicted molar refractivity (Wildman–Crippen MR) is 113 cm³/mol. The first kappa shape index (κ1) is 22.5. The molecule has 1 atom stereocenters. The molecule has 1 aliphatic heterocycles. The molecule has 9 heteroatoms. The molecule has 1 saturated carbocycles. The average Bonchev–Trinajstić information content (AvgIpc) is 2.80. The summed E-state index contributed by atoms with van der Waals surface area (Å²) in [6.45, 7) is 15.6.